The number of nitrogens with zero attached hydrogens (tertiary/aromatic N) is 1. The maximum absolute atomic E-state index is 11.9. The van der Waals surface area contributed by atoms with Gasteiger partial charge in [-0.1, -0.05) is 12.1 Å². The summed E-state index contributed by atoms with van der Waals surface area (Å²) in [7, 11) is 0. The van der Waals surface area contributed by atoms with Crippen molar-refractivity contribution in [1.82, 2.24) is 10.3 Å². The Kier molecular flexibility index (Phi) is 3.62. The van der Waals surface area contributed by atoms with Gasteiger partial charge in [0.15, 0.2) is 0 Å². The predicted molar refractivity (Wildman–Crippen MR) is 71.6 cm³/mol. The number of H-pyrrole nitrogens is 1. The van der Waals surface area contributed by atoms with Crippen molar-refractivity contribution in [2.24, 2.45) is 0 Å². The lowest BCUT2D eigenvalue weighted by atomic mass is 10.1. The first-order valence-electron chi connectivity index (χ1n) is 5.86. The van der Waals surface area contributed by atoms with Crippen molar-refractivity contribution in [3.8, 4) is 6.07 Å². The van der Waals surface area contributed by atoms with Crippen LogP contribution in [0, 0.1) is 18.3 Å². The molecule has 2 aromatic rings. The van der Waals surface area contributed by atoms with Crippen molar-refractivity contribution >= 4 is 17.3 Å². The van der Waals surface area contributed by atoms with E-state index >= 15 is 0 Å². The number of carbonyl (C=O) groups excluding carboxylic acids is 1. The number of nitrogens with one attached hydrogen (secondary N) is 2. The van der Waals surface area contributed by atoms with Gasteiger partial charge in [-0.05, 0) is 30.0 Å². The number of hydrogen-bond donors (Lipinski definition) is 2. The van der Waals surface area contributed by atoms with Gasteiger partial charge in [0, 0.05) is 17.5 Å². The first-order chi connectivity index (χ1) is 9.13. The van der Waals surface area contributed by atoms with Gasteiger partial charge in [-0.2, -0.15) is 5.26 Å². The summed E-state index contributed by atoms with van der Waals surface area (Å²) in [5.41, 5.74) is 2.09. The number of amides is 1. The van der Waals surface area contributed by atoms with Gasteiger partial charge >= 0.3 is 0 Å². The summed E-state index contributed by atoms with van der Waals surface area (Å²) in [6, 6.07) is 8.77. The Morgan fingerprint density at radius 3 is 2.95 bits per heavy atom. The van der Waals surface area contributed by atoms with Crippen molar-refractivity contribution < 1.29 is 4.79 Å². The maximum Gasteiger partial charge on any atom is 0.251 e. The molecule has 0 aliphatic carbocycles. The van der Waals surface area contributed by atoms with Gasteiger partial charge in [0.1, 0.15) is 6.04 Å². The van der Waals surface area contributed by atoms with E-state index < -0.39 is 6.04 Å². The number of nitriles is 1. The number of fused-ring (bicyclic) bond motifs is 1. The molecule has 19 heavy (non-hydrogen) atoms. The van der Waals surface area contributed by atoms with Crippen LogP contribution >= 0.6 is 0 Å². The zero-order chi connectivity index (χ0) is 13.8. The number of aromatic amines is 1. The quantitative estimate of drug-likeness (QED) is 0.800. The average molecular weight is 255 g/mol. The third-order valence-corrected chi connectivity index (χ3v) is 2.93. The summed E-state index contributed by atoms with van der Waals surface area (Å²) in [5.74, 6) is 0. The zero-order valence-electron chi connectivity index (χ0n) is 10.4. The second-order valence-electron chi connectivity index (χ2n) is 4.38. The Balaban J connectivity index is 2.42. The molecule has 1 aromatic carbocycles. The molecule has 0 saturated heterocycles. The molecular formula is C14H13N3O2. The summed E-state index contributed by atoms with van der Waals surface area (Å²) in [6.45, 7) is 1.95. The van der Waals surface area contributed by atoms with Crippen LogP contribution in [0.25, 0.3) is 10.9 Å². The highest BCUT2D eigenvalue weighted by Gasteiger charge is 2.10. The largest absolute Gasteiger partial charge is 0.343 e. The molecule has 0 aliphatic heterocycles. The maximum atomic E-state index is 11.9. The Hall–Kier alpha value is -2.61. The molecule has 2 N–H and O–H groups in total. The van der Waals surface area contributed by atoms with Gasteiger partial charge in [0.25, 0.3) is 5.56 Å². The predicted octanol–water partition coefficient (Wildman–Crippen LogP) is 1.02. The van der Waals surface area contributed by atoms with Gasteiger partial charge in [0.2, 0.25) is 6.41 Å². The van der Waals surface area contributed by atoms with E-state index in [0.717, 1.165) is 16.5 Å². The second-order valence-corrected chi connectivity index (χ2v) is 4.38. The highest BCUT2D eigenvalue weighted by atomic mass is 16.1. The monoisotopic (exact) mass is 255 g/mol. The van der Waals surface area contributed by atoms with E-state index in [-0.39, 0.29) is 12.0 Å². The Morgan fingerprint density at radius 2 is 2.26 bits per heavy atom. The van der Waals surface area contributed by atoms with Gasteiger partial charge in [-0.15, -0.1) is 0 Å². The average Bonchev–Trinajstić information content (AvgIpc) is 2.39. The second kappa shape index (κ2) is 5.36. The number of benzene rings is 1. The normalized spacial score (nSPS) is 11.8. The molecule has 0 fully saturated rings. The van der Waals surface area contributed by atoms with Crippen LogP contribution < -0.4 is 10.9 Å². The number of carbonyl (C=O) groups is 1. The fourth-order valence-corrected chi connectivity index (χ4v) is 1.96. The van der Waals surface area contributed by atoms with E-state index in [1.807, 2.05) is 31.2 Å². The number of aryl methyl sites for hydroxylation is 1. The molecule has 96 valence electrons. The van der Waals surface area contributed by atoms with Crippen LogP contribution in [0.2, 0.25) is 0 Å². The third-order valence-electron chi connectivity index (χ3n) is 2.93. The van der Waals surface area contributed by atoms with Gasteiger partial charge in [0.05, 0.1) is 6.07 Å². The minimum atomic E-state index is -0.693. The van der Waals surface area contributed by atoms with E-state index in [1.165, 1.54) is 0 Å². The van der Waals surface area contributed by atoms with Crippen molar-refractivity contribution in [2.75, 3.05) is 0 Å². The SMILES string of the molecule is Cc1ccc2cc(CC(C#N)NC=O)c(=O)[nH]c2c1. The topological polar surface area (TPSA) is 85.8 Å². The number of pyridine rings is 1. The van der Waals surface area contributed by atoms with Crippen molar-refractivity contribution in [3.05, 3.63) is 45.7 Å². The van der Waals surface area contributed by atoms with Crippen molar-refractivity contribution in [2.45, 2.75) is 19.4 Å². The summed E-state index contributed by atoms with van der Waals surface area (Å²) >= 11 is 0. The highest BCUT2D eigenvalue weighted by molar-refractivity contribution is 5.79. The first-order valence-corrected chi connectivity index (χ1v) is 5.86. The third kappa shape index (κ3) is 2.80. The minimum Gasteiger partial charge on any atom is -0.343 e. The number of hydrogen-bond acceptors (Lipinski definition) is 3. The highest BCUT2D eigenvalue weighted by Crippen LogP contribution is 2.13. The molecule has 5 heteroatoms. The molecule has 0 radical (unpaired) electrons. The molecule has 0 bridgehead atoms. The van der Waals surface area contributed by atoms with E-state index in [1.54, 1.807) is 6.07 Å². The molecule has 1 aromatic heterocycles. The fourth-order valence-electron chi connectivity index (χ4n) is 1.96. The molecule has 0 aliphatic rings. The standard InChI is InChI=1S/C14H13N3O2/c1-9-2-3-10-5-11(6-12(7-15)16-8-18)14(19)17-13(10)4-9/h2-5,8,12H,6H2,1H3,(H,16,18)(H,17,19). The first kappa shape index (κ1) is 12.8. The lowest BCUT2D eigenvalue weighted by molar-refractivity contribution is -0.109. The van der Waals surface area contributed by atoms with E-state index in [0.29, 0.717) is 12.0 Å². The molecule has 2 rings (SSSR count). The molecule has 1 heterocycles. The van der Waals surface area contributed by atoms with Crippen LogP contribution in [0.3, 0.4) is 0 Å². The summed E-state index contributed by atoms with van der Waals surface area (Å²) in [6.07, 6.45) is 0.654. The summed E-state index contributed by atoms with van der Waals surface area (Å²) in [5, 5.41) is 12.2. The van der Waals surface area contributed by atoms with Crippen molar-refractivity contribution in [1.29, 1.82) is 5.26 Å². The van der Waals surface area contributed by atoms with Crippen LogP contribution in [0.15, 0.2) is 29.1 Å². The van der Waals surface area contributed by atoms with E-state index in [2.05, 4.69) is 10.3 Å². The van der Waals surface area contributed by atoms with Crippen LogP contribution in [-0.4, -0.2) is 17.4 Å². The molecule has 5 nitrogen and oxygen atoms in total. The molecule has 0 spiro atoms. The van der Waals surface area contributed by atoms with E-state index in [4.69, 9.17) is 5.26 Å². The Labute approximate surface area is 109 Å². The van der Waals surface area contributed by atoms with Crippen LogP contribution in [0.4, 0.5) is 0 Å². The minimum absolute atomic E-state index is 0.189. The van der Waals surface area contributed by atoms with Crippen molar-refractivity contribution in [3.63, 3.8) is 0 Å². The zero-order valence-corrected chi connectivity index (χ0v) is 10.4. The lowest BCUT2D eigenvalue weighted by Crippen LogP contribution is -2.30. The summed E-state index contributed by atoms with van der Waals surface area (Å²) < 4.78 is 0. The molecule has 1 unspecified atom stereocenters. The summed E-state index contributed by atoms with van der Waals surface area (Å²) in [4.78, 5) is 25.1. The molecular weight excluding hydrogens is 242 g/mol. The van der Waals surface area contributed by atoms with Gasteiger partial charge in [-0.25, -0.2) is 0 Å². The number of rotatable bonds is 4. The molecule has 1 atom stereocenters. The molecule has 0 saturated carbocycles. The van der Waals surface area contributed by atoms with Crippen LogP contribution in [0.5, 0.6) is 0 Å². The van der Waals surface area contributed by atoms with E-state index in [9.17, 15) is 9.59 Å². The fraction of sp³-hybridized carbons (Fsp3) is 0.214. The van der Waals surface area contributed by atoms with Gasteiger partial charge in [-0.3, -0.25) is 9.59 Å². The van der Waals surface area contributed by atoms with Crippen LogP contribution in [0.1, 0.15) is 11.1 Å². The lowest BCUT2D eigenvalue weighted by Gasteiger charge is -2.08. The smallest absolute Gasteiger partial charge is 0.251 e. The number of aromatic nitrogens is 1. The van der Waals surface area contributed by atoms with Crippen LogP contribution in [-0.2, 0) is 11.2 Å². The van der Waals surface area contributed by atoms with Gasteiger partial charge < -0.3 is 10.3 Å². The Bertz CT molecular complexity index is 713. The molecule has 1 amide bonds. The Morgan fingerprint density at radius 1 is 1.47 bits per heavy atom.